The van der Waals surface area contributed by atoms with Crippen LogP contribution >= 0.6 is 0 Å². The van der Waals surface area contributed by atoms with E-state index in [2.05, 4.69) is 15.0 Å². The summed E-state index contributed by atoms with van der Waals surface area (Å²) in [5, 5.41) is 0. The van der Waals surface area contributed by atoms with Crippen LogP contribution in [0.3, 0.4) is 0 Å². The van der Waals surface area contributed by atoms with Crippen LogP contribution in [0.25, 0.3) is 0 Å². The maximum absolute atomic E-state index is 5.35. The molecule has 4 heteroatoms. The maximum Gasteiger partial charge on any atom is 0.218 e. The molecule has 50 valence electrons. The van der Waals surface area contributed by atoms with Crippen molar-refractivity contribution in [2.45, 2.75) is 6.04 Å². The number of rotatable bonds is 0. The Bertz CT molecular complexity index is 271. The van der Waals surface area contributed by atoms with E-state index in [1.165, 1.54) is 0 Å². The zero-order valence-corrected chi connectivity index (χ0v) is 5.23. The number of guanidine groups is 1. The van der Waals surface area contributed by atoms with Gasteiger partial charge in [-0.15, -0.1) is 0 Å². The van der Waals surface area contributed by atoms with Gasteiger partial charge in [-0.1, -0.05) is 6.08 Å². The van der Waals surface area contributed by atoms with E-state index in [0.29, 0.717) is 11.8 Å². The van der Waals surface area contributed by atoms with E-state index in [-0.39, 0.29) is 6.04 Å². The highest BCUT2D eigenvalue weighted by atomic mass is 15.2. The van der Waals surface area contributed by atoms with Gasteiger partial charge in [0, 0.05) is 6.21 Å². The Kier molecular flexibility index (Phi) is 0.943. The Hall–Kier alpha value is -1.45. The third-order valence-electron chi connectivity index (χ3n) is 1.35. The second-order valence-electron chi connectivity index (χ2n) is 2.07. The molecule has 0 bridgehead atoms. The fourth-order valence-electron chi connectivity index (χ4n) is 0.921. The van der Waals surface area contributed by atoms with Crippen molar-refractivity contribution in [3.8, 4) is 0 Å². The Morgan fingerprint density at radius 2 is 2.40 bits per heavy atom. The van der Waals surface area contributed by atoms with Crippen LogP contribution in [-0.4, -0.2) is 24.1 Å². The zero-order valence-electron chi connectivity index (χ0n) is 5.23. The number of fused-ring (bicyclic) bond motifs is 1. The molecule has 0 saturated heterocycles. The van der Waals surface area contributed by atoms with Crippen molar-refractivity contribution in [3.63, 3.8) is 0 Å². The topological polar surface area (TPSA) is 63.1 Å². The summed E-state index contributed by atoms with van der Waals surface area (Å²) in [6, 6.07) is -0.0231. The molecule has 4 nitrogen and oxygen atoms in total. The number of hydrogen-bond donors (Lipinski definition) is 1. The van der Waals surface area contributed by atoms with Gasteiger partial charge in [-0.2, -0.15) is 4.99 Å². The van der Waals surface area contributed by atoms with Gasteiger partial charge >= 0.3 is 0 Å². The number of allylic oxidation sites excluding steroid dienone is 1. The second kappa shape index (κ2) is 1.76. The van der Waals surface area contributed by atoms with Crippen LogP contribution in [0.1, 0.15) is 0 Å². The monoisotopic (exact) mass is 134 g/mol. The quantitative estimate of drug-likeness (QED) is 0.486. The summed E-state index contributed by atoms with van der Waals surface area (Å²) in [5.74, 6) is 1.02. The molecule has 0 aromatic rings. The van der Waals surface area contributed by atoms with Gasteiger partial charge in [0.15, 0.2) is 5.84 Å². The average Bonchev–Trinajstić information content (AvgIpc) is 2.27. The Morgan fingerprint density at radius 1 is 1.50 bits per heavy atom. The number of nitrogens with zero attached hydrogens (tertiary/aromatic N) is 3. The third-order valence-corrected chi connectivity index (χ3v) is 1.35. The van der Waals surface area contributed by atoms with Gasteiger partial charge in [0.2, 0.25) is 5.96 Å². The average molecular weight is 134 g/mol. The number of nitrogens with two attached hydrogens (primary N) is 1. The molecular weight excluding hydrogens is 128 g/mol. The lowest BCUT2D eigenvalue weighted by atomic mass is 10.2. The van der Waals surface area contributed by atoms with E-state index >= 15 is 0 Å². The number of dihydropyridines is 1. The first kappa shape index (κ1) is 5.34. The summed E-state index contributed by atoms with van der Waals surface area (Å²) >= 11 is 0. The SMILES string of the molecule is NC1=NC2C=CC=NC2=N1. The van der Waals surface area contributed by atoms with Crippen LogP contribution in [0.4, 0.5) is 0 Å². The van der Waals surface area contributed by atoms with E-state index in [1.54, 1.807) is 6.21 Å². The molecule has 10 heavy (non-hydrogen) atoms. The first-order chi connectivity index (χ1) is 4.86. The third kappa shape index (κ3) is 0.655. The highest BCUT2D eigenvalue weighted by molar-refractivity contribution is 6.09. The molecule has 1 unspecified atom stereocenters. The van der Waals surface area contributed by atoms with Crippen molar-refractivity contribution in [3.05, 3.63) is 12.2 Å². The molecule has 2 aliphatic rings. The van der Waals surface area contributed by atoms with E-state index in [1.807, 2.05) is 12.2 Å². The van der Waals surface area contributed by atoms with Gasteiger partial charge in [-0.05, 0) is 6.08 Å². The van der Waals surface area contributed by atoms with E-state index in [0.717, 1.165) is 0 Å². The largest absolute Gasteiger partial charge is 0.368 e. The minimum atomic E-state index is -0.0231. The minimum absolute atomic E-state index is 0.0231. The fraction of sp³-hybridized carbons (Fsp3) is 0.167. The number of amidine groups is 1. The lowest BCUT2D eigenvalue weighted by molar-refractivity contribution is 1.09. The molecule has 0 saturated carbocycles. The van der Waals surface area contributed by atoms with Gasteiger partial charge in [-0.25, -0.2) is 9.98 Å². The van der Waals surface area contributed by atoms with Crippen LogP contribution < -0.4 is 5.73 Å². The summed E-state index contributed by atoms with van der Waals surface area (Å²) in [4.78, 5) is 11.9. The molecule has 2 aliphatic heterocycles. The minimum Gasteiger partial charge on any atom is -0.368 e. The smallest absolute Gasteiger partial charge is 0.218 e. The van der Waals surface area contributed by atoms with E-state index in [4.69, 9.17) is 5.73 Å². The molecule has 2 N–H and O–H groups in total. The van der Waals surface area contributed by atoms with Crippen molar-refractivity contribution in [1.82, 2.24) is 0 Å². The summed E-state index contributed by atoms with van der Waals surface area (Å²) in [6.45, 7) is 0. The summed E-state index contributed by atoms with van der Waals surface area (Å²) < 4.78 is 0. The first-order valence-electron chi connectivity index (χ1n) is 2.99. The van der Waals surface area contributed by atoms with Gasteiger partial charge in [0.05, 0.1) is 0 Å². The Labute approximate surface area is 57.9 Å². The molecular formula is C6H6N4. The molecule has 0 aromatic carbocycles. The highest BCUT2D eigenvalue weighted by Gasteiger charge is 2.18. The normalized spacial score (nSPS) is 27.8. The van der Waals surface area contributed by atoms with Crippen LogP contribution in [0, 0.1) is 0 Å². The predicted octanol–water partition coefficient (Wildman–Crippen LogP) is -0.278. The molecule has 0 radical (unpaired) electrons. The van der Waals surface area contributed by atoms with Gasteiger partial charge < -0.3 is 5.73 Å². The molecule has 0 spiro atoms. The van der Waals surface area contributed by atoms with Crippen molar-refractivity contribution < 1.29 is 0 Å². The Balaban J connectivity index is 2.40. The van der Waals surface area contributed by atoms with Gasteiger partial charge in [0.1, 0.15) is 6.04 Å². The standard InChI is InChI=1S/C6H6N4/c7-6-9-4-2-1-3-8-5(4)10-6/h1-4H,(H2,7,9). The zero-order chi connectivity index (χ0) is 6.97. The molecule has 2 heterocycles. The summed E-state index contributed by atoms with van der Waals surface area (Å²) in [7, 11) is 0. The molecule has 0 aliphatic carbocycles. The summed E-state index contributed by atoms with van der Waals surface area (Å²) in [5.41, 5.74) is 5.35. The second-order valence-corrected chi connectivity index (χ2v) is 2.07. The van der Waals surface area contributed by atoms with Crippen molar-refractivity contribution in [2.24, 2.45) is 20.7 Å². The number of hydrogen-bond acceptors (Lipinski definition) is 4. The maximum atomic E-state index is 5.35. The van der Waals surface area contributed by atoms with E-state index < -0.39 is 0 Å². The van der Waals surface area contributed by atoms with Crippen molar-refractivity contribution >= 4 is 18.0 Å². The number of aliphatic imine (C=N–C) groups is 3. The lowest BCUT2D eigenvalue weighted by Gasteiger charge is -2.01. The van der Waals surface area contributed by atoms with Gasteiger partial charge in [-0.3, -0.25) is 0 Å². The van der Waals surface area contributed by atoms with Crippen molar-refractivity contribution in [2.75, 3.05) is 0 Å². The Morgan fingerprint density at radius 3 is 3.20 bits per heavy atom. The highest BCUT2D eigenvalue weighted by Crippen LogP contribution is 2.08. The molecule has 2 rings (SSSR count). The molecule has 0 fully saturated rings. The van der Waals surface area contributed by atoms with Crippen LogP contribution in [0.15, 0.2) is 27.1 Å². The van der Waals surface area contributed by atoms with Crippen LogP contribution in [0.5, 0.6) is 0 Å². The molecule has 0 amide bonds. The first-order valence-corrected chi connectivity index (χ1v) is 2.99. The molecule has 1 atom stereocenters. The summed E-state index contributed by atoms with van der Waals surface area (Å²) in [6.07, 6.45) is 5.43. The lowest BCUT2D eigenvalue weighted by Crippen LogP contribution is -2.12. The van der Waals surface area contributed by atoms with Gasteiger partial charge in [0.25, 0.3) is 0 Å². The van der Waals surface area contributed by atoms with Crippen LogP contribution in [0.2, 0.25) is 0 Å². The fourth-order valence-corrected chi connectivity index (χ4v) is 0.921. The molecule has 0 aromatic heterocycles. The van der Waals surface area contributed by atoms with E-state index in [9.17, 15) is 0 Å². The van der Waals surface area contributed by atoms with Crippen LogP contribution in [-0.2, 0) is 0 Å². The van der Waals surface area contributed by atoms with Crippen molar-refractivity contribution in [1.29, 1.82) is 0 Å². The predicted molar refractivity (Wildman–Crippen MR) is 40.5 cm³/mol.